The van der Waals surface area contributed by atoms with Gasteiger partial charge in [-0.25, -0.2) is 28.0 Å². The molecular weight excluding hydrogens is 593 g/mol. The number of H-pyrrole nitrogens is 1. The molecule has 1 saturated heterocycles. The van der Waals surface area contributed by atoms with Gasteiger partial charge >= 0.3 is 31.8 Å². The minimum atomic E-state index is -4.90. The molecule has 42 heavy (non-hydrogen) atoms. The first kappa shape index (κ1) is 33.2. The number of aliphatic hydroxyl groups is 1. The Balaban J connectivity index is 1.85. The van der Waals surface area contributed by atoms with Crippen LogP contribution in [0.3, 0.4) is 0 Å². The Morgan fingerprint density at radius 1 is 1.10 bits per heavy atom. The van der Waals surface area contributed by atoms with Crippen LogP contribution in [0.4, 0.5) is 9.59 Å². The van der Waals surface area contributed by atoms with Gasteiger partial charge in [0.15, 0.2) is 11.8 Å². The number of nitrogens with zero attached hydrogens (tertiary/aromatic N) is 1. The van der Waals surface area contributed by atoms with E-state index in [1.54, 1.807) is 27.7 Å². The number of carbonyl (C=O) groups is 3. The Hall–Kier alpha value is -3.32. The van der Waals surface area contributed by atoms with Gasteiger partial charge in [0, 0.05) is 12.3 Å². The summed E-state index contributed by atoms with van der Waals surface area (Å²) in [7, 11) is -4.90. The largest absolute Gasteiger partial charge is 0.510 e. The Kier molecular flexibility index (Phi) is 10.2. The third-order valence-electron chi connectivity index (χ3n) is 5.79. The molecule has 20 heteroatoms. The second-order valence-electron chi connectivity index (χ2n) is 9.63. The molecule has 0 radical (unpaired) electrons. The topological polar surface area (TPSA) is 252 Å². The summed E-state index contributed by atoms with van der Waals surface area (Å²) in [6.45, 7) is 4.57. The minimum Gasteiger partial charge on any atom is -0.449 e. The molecule has 19 nitrogen and oxygen atoms in total. The maximum absolute atomic E-state index is 13.5. The quantitative estimate of drug-likeness (QED) is 0.113. The smallest absolute Gasteiger partial charge is 0.449 e. The van der Waals surface area contributed by atoms with Crippen LogP contribution in [0.2, 0.25) is 0 Å². The summed E-state index contributed by atoms with van der Waals surface area (Å²) in [6, 6.07) is 0.988. The second kappa shape index (κ2) is 12.9. The second-order valence-corrected chi connectivity index (χ2v) is 11.3. The molecule has 0 bridgehead atoms. The highest BCUT2D eigenvalue weighted by atomic mass is 31.2. The first-order valence-corrected chi connectivity index (χ1v) is 13.9. The molecule has 0 spiro atoms. The predicted octanol–water partition coefficient (Wildman–Crippen LogP) is 0.00400. The maximum Gasteiger partial charge on any atom is 0.510 e. The van der Waals surface area contributed by atoms with Crippen molar-refractivity contribution in [2.45, 2.75) is 76.5 Å². The van der Waals surface area contributed by atoms with Crippen molar-refractivity contribution in [3.05, 3.63) is 33.1 Å². The van der Waals surface area contributed by atoms with Gasteiger partial charge in [0.05, 0.1) is 18.8 Å². The number of nitrogens with one attached hydrogen (secondary N) is 1. The van der Waals surface area contributed by atoms with E-state index in [0.717, 1.165) is 23.8 Å². The van der Waals surface area contributed by atoms with Gasteiger partial charge in [-0.05, 0) is 34.6 Å². The van der Waals surface area contributed by atoms with E-state index < -0.39 is 99.3 Å². The molecule has 236 valence electrons. The Bertz CT molecular complexity index is 1290. The summed E-state index contributed by atoms with van der Waals surface area (Å²) < 4.78 is 59.8. The molecule has 1 saturated carbocycles. The number of aromatic nitrogens is 2. The first-order chi connectivity index (χ1) is 19.6. The SMILES string of the molecule is CC(C)OC(=O)OCOP(=O)(OCOC(=O)OC(C)C)OC1C2OC(n3ccc(=O)[nH]c3=O)C(C)(O)C21OC(=O)CN. The van der Waals surface area contributed by atoms with Crippen LogP contribution < -0.4 is 17.0 Å². The van der Waals surface area contributed by atoms with Gasteiger partial charge in [-0.3, -0.25) is 23.7 Å². The number of phosphoric ester groups is 1. The molecule has 2 aliphatic rings. The molecule has 3 rings (SSSR count). The van der Waals surface area contributed by atoms with Crippen molar-refractivity contribution in [1.82, 2.24) is 9.55 Å². The van der Waals surface area contributed by atoms with Gasteiger partial charge in [-0.15, -0.1) is 0 Å². The van der Waals surface area contributed by atoms with E-state index in [9.17, 15) is 33.6 Å². The molecule has 1 aliphatic carbocycles. The van der Waals surface area contributed by atoms with Gasteiger partial charge in [-0.2, -0.15) is 0 Å². The third-order valence-corrected chi connectivity index (χ3v) is 7.12. The van der Waals surface area contributed by atoms with Crippen molar-refractivity contribution in [3.63, 3.8) is 0 Å². The third kappa shape index (κ3) is 7.17. The molecule has 1 aliphatic heterocycles. The standard InChI is InChI=1S/C22H32N3O16P/c1-11(2)37-19(29)33-9-35-42(32,36-10-34-20(30)38-12(3)4)41-16-15-22(16,40-14(27)8-23)21(5,31)17(39-15)25-7-6-13(26)24-18(25)28/h6-7,11-12,15-17,31H,8-10,23H2,1-5H3,(H,24,26,28). The van der Waals surface area contributed by atoms with Crippen LogP contribution in [0.15, 0.2) is 21.9 Å². The molecule has 5 atom stereocenters. The van der Waals surface area contributed by atoms with Crippen molar-refractivity contribution in [3.8, 4) is 0 Å². The number of carbonyl (C=O) groups excluding carboxylic acids is 3. The Morgan fingerprint density at radius 2 is 1.64 bits per heavy atom. The van der Waals surface area contributed by atoms with Crippen molar-refractivity contribution in [1.29, 1.82) is 0 Å². The zero-order valence-corrected chi connectivity index (χ0v) is 24.1. The summed E-state index contributed by atoms with van der Waals surface area (Å²) in [5.41, 5.74) is -0.728. The predicted molar refractivity (Wildman–Crippen MR) is 134 cm³/mol. The lowest BCUT2D eigenvalue weighted by Gasteiger charge is -2.35. The summed E-state index contributed by atoms with van der Waals surface area (Å²) in [5, 5.41) is 11.5. The highest BCUT2D eigenvalue weighted by Gasteiger charge is 2.87. The fourth-order valence-corrected chi connectivity index (χ4v) is 5.12. The number of esters is 1. The maximum atomic E-state index is 13.5. The van der Waals surface area contributed by atoms with Crippen LogP contribution in [0.5, 0.6) is 0 Å². The number of aromatic amines is 1. The van der Waals surface area contributed by atoms with Crippen molar-refractivity contribution < 1.29 is 66.0 Å². The average Bonchev–Trinajstić information content (AvgIpc) is 3.38. The fraction of sp³-hybridized carbons (Fsp3) is 0.682. The van der Waals surface area contributed by atoms with E-state index in [4.69, 9.17) is 38.3 Å². The van der Waals surface area contributed by atoms with Gasteiger partial charge in [0.25, 0.3) is 5.56 Å². The van der Waals surface area contributed by atoms with E-state index in [2.05, 4.69) is 9.47 Å². The zero-order valence-electron chi connectivity index (χ0n) is 23.2. The number of phosphoric acid groups is 1. The molecular formula is C22H32N3O16P. The van der Waals surface area contributed by atoms with E-state index in [0.29, 0.717) is 0 Å². The van der Waals surface area contributed by atoms with Crippen LogP contribution in [0.25, 0.3) is 0 Å². The summed E-state index contributed by atoms with van der Waals surface area (Å²) in [4.78, 5) is 61.5. The normalized spacial score (nSPS) is 26.5. The van der Waals surface area contributed by atoms with E-state index in [-0.39, 0.29) is 0 Å². The van der Waals surface area contributed by atoms with Crippen LogP contribution in [-0.2, 0) is 51.4 Å². The van der Waals surface area contributed by atoms with Gasteiger partial charge in [0.1, 0.15) is 12.2 Å². The van der Waals surface area contributed by atoms with Crippen molar-refractivity contribution in [2.75, 3.05) is 20.1 Å². The lowest BCUT2D eigenvalue weighted by atomic mass is 9.95. The van der Waals surface area contributed by atoms with Crippen LogP contribution in [-0.4, -0.2) is 88.7 Å². The summed E-state index contributed by atoms with van der Waals surface area (Å²) in [5.74, 6) is -1.04. The molecule has 2 fully saturated rings. The molecule has 2 heterocycles. The molecule has 0 amide bonds. The van der Waals surface area contributed by atoms with Gasteiger partial charge in [0.2, 0.25) is 19.2 Å². The van der Waals surface area contributed by atoms with Crippen molar-refractivity contribution in [2.24, 2.45) is 5.73 Å². The lowest BCUT2D eigenvalue weighted by molar-refractivity contribution is -0.187. The van der Waals surface area contributed by atoms with Crippen molar-refractivity contribution >= 4 is 26.1 Å². The van der Waals surface area contributed by atoms with Gasteiger partial charge < -0.3 is 39.3 Å². The van der Waals surface area contributed by atoms with Crippen LogP contribution in [0, 0.1) is 0 Å². The molecule has 5 unspecified atom stereocenters. The monoisotopic (exact) mass is 625 g/mol. The van der Waals surface area contributed by atoms with Crippen LogP contribution in [0.1, 0.15) is 40.8 Å². The van der Waals surface area contributed by atoms with E-state index >= 15 is 0 Å². The molecule has 1 aromatic heterocycles. The first-order valence-electron chi connectivity index (χ1n) is 12.4. The highest BCUT2D eigenvalue weighted by Crippen LogP contribution is 2.67. The van der Waals surface area contributed by atoms with E-state index in [1.807, 2.05) is 4.98 Å². The Labute approximate surface area is 237 Å². The summed E-state index contributed by atoms with van der Waals surface area (Å²) in [6.07, 6.45) is -6.97. The number of fused-ring (bicyclic) bond motifs is 1. The summed E-state index contributed by atoms with van der Waals surface area (Å²) >= 11 is 0. The van der Waals surface area contributed by atoms with Crippen LogP contribution >= 0.6 is 7.82 Å². The molecule has 0 aromatic carbocycles. The Morgan fingerprint density at radius 3 is 2.12 bits per heavy atom. The minimum absolute atomic E-state index is 0.553. The van der Waals surface area contributed by atoms with E-state index in [1.165, 1.54) is 0 Å². The number of rotatable bonds is 13. The number of ether oxygens (including phenoxy) is 6. The molecule has 1 aromatic rings. The number of hydrogen-bond donors (Lipinski definition) is 3. The lowest BCUT2D eigenvalue weighted by Crippen LogP contribution is -2.53. The average molecular weight is 625 g/mol. The zero-order chi connectivity index (χ0) is 31.5. The number of hydrogen-bond acceptors (Lipinski definition) is 17. The van der Waals surface area contributed by atoms with Gasteiger partial charge in [-0.1, -0.05) is 0 Å². The number of nitrogens with two attached hydrogens (primary N) is 1. The highest BCUT2D eigenvalue weighted by molar-refractivity contribution is 7.48. The fourth-order valence-electron chi connectivity index (χ4n) is 4.02. The molecule has 4 N–H and O–H groups in total.